The highest BCUT2D eigenvalue weighted by molar-refractivity contribution is 5.18. The van der Waals surface area contributed by atoms with Crippen LogP contribution in [0.2, 0.25) is 0 Å². The van der Waals surface area contributed by atoms with Crippen LogP contribution in [0, 0.1) is 5.92 Å². The van der Waals surface area contributed by atoms with Crippen molar-refractivity contribution in [2.24, 2.45) is 11.7 Å². The van der Waals surface area contributed by atoms with Crippen molar-refractivity contribution in [3.8, 4) is 0 Å². The molecule has 0 fully saturated rings. The second-order valence-corrected chi connectivity index (χ2v) is 4.38. The van der Waals surface area contributed by atoms with E-state index >= 15 is 0 Å². The molecule has 0 aromatic rings. The van der Waals surface area contributed by atoms with Crippen molar-refractivity contribution in [1.82, 2.24) is 0 Å². The van der Waals surface area contributed by atoms with E-state index in [0.29, 0.717) is 12.0 Å². The summed E-state index contributed by atoms with van der Waals surface area (Å²) in [5.74, 6) is 0.629. The van der Waals surface area contributed by atoms with Gasteiger partial charge < -0.3 is 5.73 Å². The predicted molar refractivity (Wildman–Crippen MR) is 65.2 cm³/mol. The van der Waals surface area contributed by atoms with Gasteiger partial charge in [0.05, 0.1) is 0 Å². The first-order chi connectivity index (χ1) is 6.47. The van der Waals surface area contributed by atoms with Gasteiger partial charge in [0.25, 0.3) is 0 Å². The van der Waals surface area contributed by atoms with Crippen molar-refractivity contribution in [2.45, 2.75) is 53.0 Å². The summed E-state index contributed by atoms with van der Waals surface area (Å²) in [6.07, 6.45) is 5.56. The fourth-order valence-electron chi connectivity index (χ4n) is 1.43. The van der Waals surface area contributed by atoms with Crippen molar-refractivity contribution < 1.29 is 0 Å². The van der Waals surface area contributed by atoms with Crippen LogP contribution in [0.4, 0.5) is 0 Å². The molecule has 14 heavy (non-hydrogen) atoms. The van der Waals surface area contributed by atoms with Crippen LogP contribution in [0.3, 0.4) is 0 Å². The van der Waals surface area contributed by atoms with Gasteiger partial charge in [-0.1, -0.05) is 37.6 Å². The van der Waals surface area contributed by atoms with Gasteiger partial charge in [0.15, 0.2) is 0 Å². The molecule has 0 aliphatic heterocycles. The molecule has 0 amide bonds. The summed E-state index contributed by atoms with van der Waals surface area (Å²) < 4.78 is 0. The Hall–Kier alpha value is -0.560. The minimum atomic E-state index is 0.370. The monoisotopic (exact) mass is 195 g/mol. The molecule has 0 saturated carbocycles. The average molecular weight is 195 g/mol. The lowest BCUT2D eigenvalue weighted by atomic mass is 9.93. The van der Waals surface area contributed by atoms with Gasteiger partial charge in [-0.05, 0) is 39.0 Å². The fourth-order valence-corrected chi connectivity index (χ4v) is 1.43. The lowest BCUT2D eigenvalue weighted by Crippen LogP contribution is -2.19. The average Bonchev–Trinajstić information content (AvgIpc) is 2.12. The maximum absolute atomic E-state index is 5.89. The summed E-state index contributed by atoms with van der Waals surface area (Å²) in [5, 5.41) is 0. The molecule has 82 valence electrons. The first-order valence-corrected chi connectivity index (χ1v) is 5.56. The third kappa shape index (κ3) is 5.98. The summed E-state index contributed by atoms with van der Waals surface area (Å²) in [6.45, 7) is 12.5. The molecule has 0 spiro atoms. The van der Waals surface area contributed by atoms with E-state index in [9.17, 15) is 0 Å². The second kappa shape index (κ2) is 6.83. The summed E-state index contributed by atoms with van der Waals surface area (Å²) in [7, 11) is 0. The molecule has 0 aromatic carbocycles. The van der Waals surface area contributed by atoms with Gasteiger partial charge in [-0.15, -0.1) is 0 Å². The Labute approximate surface area is 89.1 Å². The molecule has 0 radical (unpaired) electrons. The van der Waals surface area contributed by atoms with E-state index in [4.69, 9.17) is 5.73 Å². The van der Waals surface area contributed by atoms with E-state index in [1.807, 2.05) is 6.92 Å². The van der Waals surface area contributed by atoms with Gasteiger partial charge in [0.2, 0.25) is 0 Å². The minimum absolute atomic E-state index is 0.370. The van der Waals surface area contributed by atoms with Crippen LogP contribution in [-0.4, -0.2) is 6.04 Å². The van der Waals surface area contributed by atoms with Crippen LogP contribution in [0.25, 0.3) is 0 Å². The molecular formula is C13H25N. The topological polar surface area (TPSA) is 26.0 Å². The second-order valence-electron chi connectivity index (χ2n) is 4.38. The highest BCUT2D eigenvalue weighted by Crippen LogP contribution is 2.18. The molecular weight excluding hydrogens is 170 g/mol. The number of rotatable bonds is 6. The maximum Gasteiger partial charge on any atom is 0.00364 e. The zero-order valence-corrected chi connectivity index (χ0v) is 10.1. The first kappa shape index (κ1) is 13.4. The van der Waals surface area contributed by atoms with Gasteiger partial charge in [-0.3, -0.25) is 0 Å². The van der Waals surface area contributed by atoms with Crippen LogP contribution < -0.4 is 5.73 Å². The zero-order chi connectivity index (χ0) is 11.1. The summed E-state index contributed by atoms with van der Waals surface area (Å²) >= 11 is 0. The first-order valence-electron chi connectivity index (χ1n) is 5.56. The van der Waals surface area contributed by atoms with Gasteiger partial charge in [0, 0.05) is 6.04 Å². The fraction of sp³-hybridized carbons (Fsp3) is 0.692. The normalized spacial score (nSPS) is 16.5. The van der Waals surface area contributed by atoms with Crippen LogP contribution in [0.15, 0.2) is 23.8 Å². The third-order valence-electron chi connectivity index (χ3n) is 2.75. The Balaban J connectivity index is 3.95. The highest BCUT2D eigenvalue weighted by Gasteiger charge is 2.06. The van der Waals surface area contributed by atoms with E-state index in [0.717, 1.165) is 18.4 Å². The number of allylic oxidation sites excluding steroid dienone is 3. The minimum Gasteiger partial charge on any atom is -0.328 e. The van der Waals surface area contributed by atoms with E-state index in [1.54, 1.807) is 0 Å². The van der Waals surface area contributed by atoms with Crippen molar-refractivity contribution in [1.29, 1.82) is 0 Å². The van der Waals surface area contributed by atoms with Crippen LogP contribution in [0.1, 0.15) is 47.0 Å². The SMILES string of the molecule is C=C(C)/C=C(\C)C(C)CCC(N)CC. The summed E-state index contributed by atoms with van der Waals surface area (Å²) in [5.41, 5.74) is 8.44. The number of hydrogen-bond acceptors (Lipinski definition) is 1. The maximum atomic E-state index is 5.89. The van der Waals surface area contributed by atoms with E-state index < -0.39 is 0 Å². The number of hydrogen-bond donors (Lipinski definition) is 1. The lowest BCUT2D eigenvalue weighted by molar-refractivity contribution is 0.502. The Kier molecular flexibility index (Phi) is 6.56. The van der Waals surface area contributed by atoms with Crippen LogP contribution in [-0.2, 0) is 0 Å². The molecule has 0 rings (SSSR count). The largest absolute Gasteiger partial charge is 0.328 e. The molecule has 2 N–H and O–H groups in total. The van der Waals surface area contributed by atoms with Crippen molar-refractivity contribution in [2.75, 3.05) is 0 Å². The molecule has 2 unspecified atom stereocenters. The Bertz CT molecular complexity index is 203. The Morgan fingerprint density at radius 2 is 1.93 bits per heavy atom. The van der Waals surface area contributed by atoms with Crippen LogP contribution in [0.5, 0.6) is 0 Å². The Morgan fingerprint density at radius 1 is 1.36 bits per heavy atom. The standard InChI is InChI=1S/C13H25N/c1-6-13(14)8-7-11(4)12(5)9-10(2)3/h9,11,13H,2,6-8,14H2,1,3-5H3/b12-9+. The van der Waals surface area contributed by atoms with Gasteiger partial charge in [0.1, 0.15) is 0 Å². The smallest absolute Gasteiger partial charge is 0.00364 e. The molecule has 0 aliphatic carbocycles. The van der Waals surface area contributed by atoms with Crippen molar-refractivity contribution >= 4 is 0 Å². The molecule has 2 atom stereocenters. The summed E-state index contributed by atoms with van der Waals surface area (Å²) in [4.78, 5) is 0. The van der Waals surface area contributed by atoms with E-state index in [-0.39, 0.29) is 0 Å². The van der Waals surface area contributed by atoms with Crippen LogP contribution >= 0.6 is 0 Å². The molecule has 0 aromatic heterocycles. The Morgan fingerprint density at radius 3 is 2.36 bits per heavy atom. The summed E-state index contributed by atoms with van der Waals surface area (Å²) in [6, 6.07) is 0.370. The molecule has 0 saturated heterocycles. The molecule has 0 aliphatic rings. The van der Waals surface area contributed by atoms with Gasteiger partial charge in [-0.2, -0.15) is 0 Å². The van der Waals surface area contributed by atoms with Crippen molar-refractivity contribution in [3.05, 3.63) is 23.8 Å². The van der Waals surface area contributed by atoms with Gasteiger partial charge >= 0.3 is 0 Å². The molecule has 0 bridgehead atoms. The third-order valence-corrected chi connectivity index (χ3v) is 2.75. The molecule has 0 heterocycles. The highest BCUT2D eigenvalue weighted by atomic mass is 14.6. The zero-order valence-electron chi connectivity index (χ0n) is 10.1. The lowest BCUT2D eigenvalue weighted by Gasteiger charge is -2.15. The predicted octanol–water partition coefficient (Wildman–Crippen LogP) is 3.66. The molecule has 1 nitrogen and oxygen atoms in total. The van der Waals surface area contributed by atoms with E-state index in [2.05, 4.69) is 33.4 Å². The van der Waals surface area contributed by atoms with E-state index in [1.165, 1.54) is 12.0 Å². The molecule has 1 heteroatoms. The number of nitrogens with two attached hydrogens (primary N) is 1. The quantitative estimate of drug-likeness (QED) is 0.643. The van der Waals surface area contributed by atoms with Crippen molar-refractivity contribution in [3.63, 3.8) is 0 Å². The van der Waals surface area contributed by atoms with Gasteiger partial charge in [-0.25, -0.2) is 0 Å².